The molecule has 1 saturated heterocycles. The van der Waals surface area contributed by atoms with E-state index >= 15 is 0 Å². The van der Waals surface area contributed by atoms with Crippen LogP contribution < -0.4 is 0 Å². The minimum Gasteiger partial charge on any atom is -0.335 e. The number of carbonyl (C=O) groups is 1. The molecule has 1 fully saturated rings. The predicted octanol–water partition coefficient (Wildman–Crippen LogP) is 3.53. The molecule has 0 aromatic carbocycles. The second-order valence-electron chi connectivity index (χ2n) is 4.17. The summed E-state index contributed by atoms with van der Waals surface area (Å²) in [4.78, 5) is 14.3. The van der Waals surface area contributed by atoms with Crippen molar-refractivity contribution < 1.29 is 4.79 Å². The summed E-state index contributed by atoms with van der Waals surface area (Å²) in [5.41, 5.74) is 0.845. The number of likely N-dealkylation sites (tertiary alicyclic amines) is 1. The Hall–Kier alpha value is -0.350. The van der Waals surface area contributed by atoms with E-state index in [-0.39, 0.29) is 5.91 Å². The van der Waals surface area contributed by atoms with Gasteiger partial charge >= 0.3 is 0 Å². The largest absolute Gasteiger partial charge is 0.335 e. The van der Waals surface area contributed by atoms with E-state index in [0.29, 0.717) is 6.04 Å². The van der Waals surface area contributed by atoms with Crippen LogP contribution in [-0.4, -0.2) is 28.7 Å². The van der Waals surface area contributed by atoms with Crippen molar-refractivity contribution in [2.24, 2.45) is 0 Å². The lowest BCUT2D eigenvalue weighted by Gasteiger charge is -2.28. The van der Waals surface area contributed by atoms with Crippen LogP contribution in [0.5, 0.6) is 0 Å². The Bertz CT molecular complexity index is 339. The molecule has 0 saturated carbocycles. The Morgan fingerprint density at radius 2 is 2.38 bits per heavy atom. The molecule has 1 amide bonds. The molecule has 2 heterocycles. The summed E-state index contributed by atoms with van der Waals surface area (Å²) < 4.78 is 0. The highest BCUT2D eigenvalue weighted by molar-refractivity contribution is 9.09. The van der Waals surface area contributed by atoms with Gasteiger partial charge < -0.3 is 4.90 Å². The molecule has 1 atom stereocenters. The zero-order valence-electron chi connectivity index (χ0n) is 9.19. The summed E-state index contributed by atoms with van der Waals surface area (Å²) in [5, 5.41) is 4.80. The van der Waals surface area contributed by atoms with E-state index in [1.807, 2.05) is 21.7 Å². The fourth-order valence-corrected chi connectivity index (χ4v) is 3.46. The van der Waals surface area contributed by atoms with Crippen molar-refractivity contribution in [3.05, 3.63) is 22.4 Å². The van der Waals surface area contributed by atoms with Gasteiger partial charge in [0.25, 0.3) is 5.91 Å². The van der Waals surface area contributed by atoms with E-state index in [1.165, 1.54) is 12.8 Å². The van der Waals surface area contributed by atoms with Gasteiger partial charge in [-0.3, -0.25) is 4.79 Å². The van der Waals surface area contributed by atoms with Crippen LogP contribution in [0.25, 0.3) is 0 Å². The van der Waals surface area contributed by atoms with Crippen molar-refractivity contribution in [2.45, 2.75) is 31.7 Å². The van der Waals surface area contributed by atoms with Crippen LogP contribution in [-0.2, 0) is 0 Å². The van der Waals surface area contributed by atoms with Gasteiger partial charge in [-0.1, -0.05) is 28.8 Å². The molecule has 1 aromatic rings. The van der Waals surface area contributed by atoms with Gasteiger partial charge in [0, 0.05) is 23.3 Å². The maximum Gasteiger partial charge on any atom is 0.254 e. The summed E-state index contributed by atoms with van der Waals surface area (Å²) in [6.07, 6.45) is 4.75. The van der Waals surface area contributed by atoms with E-state index < -0.39 is 0 Å². The first-order chi connectivity index (χ1) is 7.83. The van der Waals surface area contributed by atoms with Crippen molar-refractivity contribution in [1.82, 2.24) is 4.90 Å². The molecule has 1 aromatic heterocycles. The van der Waals surface area contributed by atoms with Crippen LogP contribution in [0.4, 0.5) is 0 Å². The zero-order chi connectivity index (χ0) is 11.4. The minimum atomic E-state index is 0.201. The quantitative estimate of drug-likeness (QED) is 0.765. The first-order valence-electron chi connectivity index (χ1n) is 5.72. The molecular weight excluding hydrogens is 286 g/mol. The van der Waals surface area contributed by atoms with Crippen LogP contribution in [0.15, 0.2) is 16.8 Å². The summed E-state index contributed by atoms with van der Waals surface area (Å²) in [6.45, 7) is 0.908. The van der Waals surface area contributed by atoms with Gasteiger partial charge in [-0.05, 0) is 24.3 Å². The Kier molecular flexibility index (Phi) is 4.41. The second-order valence-corrected chi connectivity index (χ2v) is 5.60. The molecule has 16 heavy (non-hydrogen) atoms. The SMILES string of the molecule is O=C(c1ccsc1)N1CCCCCC1CBr. The smallest absolute Gasteiger partial charge is 0.254 e. The minimum absolute atomic E-state index is 0.201. The van der Waals surface area contributed by atoms with E-state index in [0.717, 1.165) is 30.3 Å². The molecule has 0 spiro atoms. The number of alkyl halides is 1. The highest BCUT2D eigenvalue weighted by Crippen LogP contribution is 2.21. The number of amides is 1. The number of nitrogens with zero attached hydrogens (tertiary/aromatic N) is 1. The standard InChI is InChI=1S/C12H16BrNOS/c13-8-11-4-2-1-3-6-14(11)12(15)10-5-7-16-9-10/h5,7,9,11H,1-4,6,8H2. The normalized spacial score (nSPS) is 21.8. The highest BCUT2D eigenvalue weighted by Gasteiger charge is 2.25. The summed E-state index contributed by atoms with van der Waals surface area (Å²) in [5.74, 6) is 0.201. The number of rotatable bonds is 2. The Labute approximate surface area is 109 Å². The van der Waals surface area contributed by atoms with E-state index in [4.69, 9.17) is 0 Å². The number of hydrogen-bond donors (Lipinski definition) is 0. The van der Waals surface area contributed by atoms with Gasteiger partial charge in [0.1, 0.15) is 0 Å². The van der Waals surface area contributed by atoms with Gasteiger partial charge in [0.05, 0.1) is 5.56 Å². The summed E-state index contributed by atoms with van der Waals surface area (Å²) >= 11 is 5.11. The number of carbonyl (C=O) groups excluding carboxylic acids is 1. The molecule has 88 valence electrons. The molecule has 1 aliphatic heterocycles. The van der Waals surface area contributed by atoms with Crippen molar-refractivity contribution >= 4 is 33.2 Å². The topological polar surface area (TPSA) is 20.3 Å². The van der Waals surface area contributed by atoms with Gasteiger partial charge in [0.2, 0.25) is 0 Å². The maximum atomic E-state index is 12.3. The average molecular weight is 302 g/mol. The average Bonchev–Trinajstić information content (AvgIpc) is 2.73. The second kappa shape index (κ2) is 5.82. The van der Waals surface area contributed by atoms with E-state index in [2.05, 4.69) is 15.9 Å². The van der Waals surface area contributed by atoms with Gasteiger partial charge in [-0.25, -0.2) is 0 Å². The Morgan fingerprint density at radius 1 is 1.50 bits per heavy atom. The molecule has 0 N–H and O–H groups in total. The molecule has 4 heteroatoms. The fraction of sp³-hybridized carbons (Fsp3) is 0.583. The van der Waals surface area contributed by atoms with Crippen molar-refractivity contribution in [2.75, 3.05) is 11.9 Å². The number of thiophene rings is 1. The maximum absolute atomic E-state index is 12.3. The first-order valence-corrected chi connectivity index (χ1v) is 7.78. The highest BCUT2D eigenvalue weighted by atomic mass is 79.9. The van der Waals surface area contributed by atoms with Crippen molar-refractivity contribution in [3.8, 4) is 0 Å². The van der Waals surface area contributed by atoms with Gasteiger partial charge in [-0.2, -0.15) is 11.3 Å². The summed E-state index contributed by atoms with van der Waals surface area (Å²) in [6, 6.07) is 2.29. The number of halogens is 1. The van der Waals surface area contributed by atoms with Crippen molar-refractivity contribution in [3.63, 3.8) is 0 Å². The molecule has 2 nitrogen and oxygen atoms in total. The molecule has 1 unspecified atom stereocenters. The first kappa shape index (κ1) is 12.1. The molecule has 0 aliphatic carbocycles. The monoisotopic (exact) mass is 301 g/mol. The zero-order valence-corrected chi connectivity index (χ0v) is 11.6. The van der Waals surface area contributed by atoms with Gasteiger partial charge in [0.15, 0.2) is 0 Å². The van der Waals surface area contributed by atoms with Crippen LogP contribution in [0, 0.1) is 0 Å². The van der Waals surface area contributed by atoms with Gasteiger partial charge in [-0.15, -0.1) is 0 Å². The van der Waals surface area contributed by atoms with Crippen LogP contribution in [0.1, 0.15) is 36.0 Å². The predicted molar refractivity (Wildman–Crippen MR) is 71.4 cm³/mol. The Balaban J connectivity index is 2.13. The third-order valence-electron chi connectivity index (χ3n) is 3.08. The molecule has 2 rings (SSSR count). The third kappa shape index (κ3) is 2.66. The molecule has 0 radical (unpaired) electrons. The fourth-order valence-electron chi connectivity index (χ4n) is 2.16. The lowest BCUT2D eigenvalue weighted by Crippen LogP contribution is -2.40. The van der Waals surface area contributed by atoms with E-state index in [1.54, 1.807) is 11.3 Å². The molecular formula is C12H16BrNOS. The molecule has 0 bridgehead atoms. The lowest BCUT2D eigenvalue weighted by atomic mass is 10.1. The molecule has 1 aliphatic rings. The van der Waals surface area contributed by atoms with E-state index in [9.17, 15) is 4.79 Å². The third-order valence-corrected chi connectivity index (χ3v) is 4.51. The van der Waals surface area contributed by atoms with Crippen molar-refractivity contribution in [1.29, 1.82) is 0 Å². The lowest BCUT2D eigenvalue weighted by molar-refractivity contribution is 0.0703. The van der Waals surface area contributed by atoms with Crippen LogP contribution >= 0.6 is 27.3 Å². The number of hydrogen-bond acceptors (Lipinski definition) is 2. The van der Waals surface area contributed by atoms with Crippen LogP contribution in [0.2, 0.25) is 0 Å². The van der Waals surface area contributed by atoms with Crippen LogP contribution in [0.3, 0.4) is 0 Å². The Morgan fingerprint density at radius 3 is 3.06 bits per heavy atom. The summed E-state index contributed by atoms with van der Waals surface area (Å²) in [7, 11) is 0.